The number of aromatic nitrogens is 2. The molecule has 1 aromatic carbocycles. The number of ether oxygens (including phenoxy) is 2. The Bertz CT molecular complexity index is 761. The Labute approximate surface area is 146 Å². The number of nitrogens with zero attached hydrogens (tertiary/aromatic N) is 3. The Balaban J connectivity index is 0.000000478. The van der Waals surface area contributed by atoms with Gasteiger partial charge in [0.25, 0.3) is 0 Å². The van der Waals surface area contributed by atoms with E-state index in [1.165, 1.54) is 0 Å². The molecule has 0 N–H and O–H groups in total. The van der Waals surface area contributed by atoms with Gasteiger partial charge in [0.05, 0.1) is 19.3 Å². The van der Waals surface area contributed by atoms with Crippen LogP contribution in [0.1, 0.15) is 0 Å². The van der Waals surface area contributed by atoms with Crippen molar-refractivity contribution in [3.8, 4) is 11.8 Å². The van der Waals surface area contributed by atoms with Crippen LogP contribution in [0.3, 0.4) is 0 Å². The molecule has 23 heavy (non-hydrogen) atoms. The molecule has 9 heteroatoms. The van der Waals surface area contributed by atoms with Gasteiger partial charge in [-0.3, -0.25) is 0 Å². The fraction of sp³-hybridized carbons (Fsp3) is 0.143. The number of pyridine rings is 2. The van der Waals surface area contributed by atoms with Crippen LogP contribution in [0.25, 0.3) is 21.8 Å². The summed E-state index contributed by atoms with van der Waals surface area (Å²) in [4.78, 5) is 17.2. The van der Waals surface area contributed by atoms with Crippen molar-refractivity contribution in [1.29, 1.82) is 0 Å². The van der Waals surface area contributed by atoms with Gasteiger partial charge in [0.2, 0.25) is 11.8 Å². The first-order chi connectivity index (χ1) is 10.5. The maximum atomic E-state index is 8.25. The number of fused-ring (bicyclic) bond motifs is 3. The minimum atomic E-state index is -1.75. The van der Waals surface area contributed by atoms with Crippen LogP contribution >= 0.6 is 0 Å². The number of methoxy groups -OCH3 is 2. The molecule has 0 fully saturated rings. The summed E-state index contributed by atoms with van der Waals surface area (Å²) in [5.74, 6) is 1.17. The third-order valence-electron chi connectivity index (χ3n) is 2.89. The molecule has 8 nitrogen and oxygen atoms in total. The Hall–Kier alpha value is -2.42. The molecule has 0 bridgehead atoms. The van der Waals surface area contributed by atoms with E-state index in [1.807, 2.05) is 36.4 Å². The second-order valence-electron chi connectivity index (χ2n) is 4.14. The molecule has 0 radical (unpaired) electrons. The quantitative estimate of drug-likeness (QED) is 0.276. The van der Waals surface area contributed by atoms with E-state index >= 15 is 0 Å². The average molecular weight is 410 g/mol. The fourth-order valence-corrected chi connectivity index (χ4v) is 1.96. The van der Waals surface area contributed by atoms with Crippen molar-refractivity contribution in [3.63, 3.8) is 0 Å². The average Bonchev–Trinajstić information content (AvgIpc) is 2.53. The van der Waals surface area contributed by atoms with E-state index in [9.17, 15) is 0 Å². The summed E-state index contributed by atoms with van der Waals surface area (Å²) in [5.41, 5.74) is 1.65. The van der Waals surface area contributed by atoms with E-state index < -0.39 is 5.09 Å². The third kappa shape index (κ3) is 4.52. The fourth-order valence-electron chi connectivity index (χ4n) is 1.96. The van der Waals surface area contributed by atoms with Gasteiger partial charge >= 0.3 is 22.4 Å². The van der Waals surface area contributed by atoms with Gasteiger partial charge in [-0.2, -0.15) is 0 Å². The summed E-state index contributed by atoms with van der Waals surface area (Å²) < 4.78 is 10.3. The van der Waals surface area contributed by atoms with Gasteiger partial charge in [-0.1, -0.05) is 12.1 Å². The van der Waals surface area contributed by atoms with Crippen molar-refractivity contribution in [2.45, 2.75) is 0 Å². The number of rotatable bonds is 2. The van der Waals surface area contributed by atoms with E-state index in [0.717, 1.165) is 21.8 Å². The monoisotopic (exact) mass is 409 g/mol. The Morgan fingerprint density at radius 3 is 1.43 bits per heavy atom. The minimum Gasteiger partial charge on any atom is -0.481 e. The van der Waals surface area contributed by atoms with Gasteiger partial charge in [0.15, 0.2) is 0 Å². The van der Waals surface area contributed by atoms with Crippen molar-refractivity contribution in [2.75, 3.05) is 14.2 Å². The summed E-state index contributed by atoms with van der Waals surface area (Å²) in [6.45, 7) is 0. The Kier molecular flexibility index (Phi) is 6.70. The normalized spacial score (nSPS) is 9.48. The standard InChI is InChI=1S/C14H12N2O2.Ag.NO3/c1-17-11-7-5-9-3-4-10-6-8-12(18-2)16-14(10)13(9)15-11;;2-1(3)4/h3-8H,1-2H3;;/q;+1;-1. The van der Waals surface area contributed by atoms with Crippen LogP contribution in [0.4, 0.5) is 0 Å². The maximum absolute atomic E-state index is 8.25. The molecule has 0 saturated carbocycles. The summed E-state index contributed by atoms with van der Waals surface area (Å²) in [5, 5.41) is 16.8. The third-order valence-corrected chi connectivity index (χ3v) is 2.89. The van der Waals surface area contributed by atoms with E-state index in [2.05, 4.69) is 9.97 Å². The number of hydrogen-bond donors (Lipinski definition) is 0. The summed E-state index contributed by atoms with van der Waals surface area (Å²) in [6, 6.07) is 11.7. The largest absolute Gasteiger partial charge is 1.00 e. The molecule has 2 heterocycles. The zero-order valence-electron chi connectivity index (χ0n) is 12.1. The SMILES string of the molecule is COc1ccc2ccc3ccc(OC)nc3c2n1.O=[N+]([O-])[O-].[Ag+]. The molecular weight excluding hydrogens is 398 g/mol. The summed E-state index contributed by atoms with van der Waals surface area (Å²) >= 11 is 0. The zero-order chi connectivity index (χ0) is 16.1. The maximum Gasteiger partial charge on any atom is 1.00 e. The molecule has 2 aromatic heterocycles. The molecular formula is C14H12AgN3O5. The van der Waals surface area contributed by atoms with E-state index in [4.69, 9.17) is 24.8 Å². The number of benzene rings is 1. The molecule has 3 aromatic rings. The molecule has 0 unspecified atom stereocenters. The molecule has 0 aliphatic carbocycles. The predicted octanol–water partition coefficient (Wildman–Crippen LogP) is 2.56. The zero-order valence-corrected chi connectivity index (χ0v) is 13.6. The van der Waals surface area contributed by atoms with Crippen molar-refractivity contribution in [3.05, 3.63) is 51.7 Å². The predicted molar refractivity (Wildman–Crippen MR) is 80.5 cm³/mol. The smallest absolute Gasteiger partial charge is 0.481 e. The van der Waals surface area contributed by atoms with Gasteiger partial charge in [0.1, 0.15) is 11.0 Å². The van der Waals surface area contributed by atoms with E-state index in [1.54, 1.807) is 14.2 Å². The van der Waals surface area contributed by atoms with Gasteiger partial charge < -0.3 is 24.8 Å². The minimum absolute atomic E-state index is 0. The topological polar surface area (TPSA) is 110 Å². The second-order valence-corrected chi connectivity index (χ2v) is 4.14. The van der Waals surface area contributed by atoms with Crippen LogP contribution in [0.5, 0.6) is 11.8 Å². The molecule has 124 valence electrons. The van der Waals surface area contributed by atoms with Crippen molar-refractivity contribution in [1.82, 2.24) is 9.97 Å². The van der Waals surface area contributed by atoms with Gasteiger partial charge in [-0.25, -0.2) is 9.97 Å². The van der Waals surface area contributed by atoms with Crippen molar-refractivity contribution < 1.29 is 36.9 Å². The van der Waals surface area contributed by atoms with Crippen LogP contribution in [0.15, 0.2) is 36.4 Å². The number of hydrogen-bond acceptors (Lipinski definition) is 7. The molecule has 3 rings (SSSR count). The first-order valence-electron chi connectivity index (χ1n) is 6.15. The van der Waals surface area contributed by atoms with Crippen molar-refractivity contribution >= 4 is 21.8 Å². The molecule has 0 amide bonds. The summed E-state index contributed by atoms with van der Waals surface area (Å²) in [6.07, 6.45) is 0. The molecule has 0 saturated heterocycles. The van der Waals surface area contributed by atoms with E-state index in [0.29, 0.717) is 11.8 Å². The van der Waals surface area contributed by atoms with Gasteiger partial charge in [-0.05, 0) is 12.1 Å². The molecule has 0 atom stereocenters. The van der Waals surface area contributed by atoms with E-state index in [-0.39, 0.29) is 22.4 Å². The van der Waals surface area contributed by atoms with Gasteiger partial charge in [-0.15, -0.1) is 0 Å². The Morgan fingerprint density at radius 2 is 1.13 bits per heavy atom. The van der Waals surface area contributed by atoms with Crippen molar-refractivity contribution in [2.24, 2.45) is 0 Å². The summed E-state index contributed by atoms with van der Waals surface area (Å²) in [7, 11) is 3.21. The van der Waals surface area contributed by atoms with Gasteiger partial charge in [0, 0.05) is 22.9 Å². The Morgan fingerprint density at radius 1 is 0.826 bits per heavy atom. The van der Waals surface area contributed by atoms with Crippen LogP contribution in [-0.4, -0.2) is 29.3 Å². The first-order valence-corrected chi connectivity index (χ1v) is 6.15. The first kappa shape index (κ1) is 18.6. The molecule has 0 spiro atoms. The van der Waals surface area contributed by atoms with Crippen LogP contribution in [0.2, 0.25) is 0 Å². The second kappa shape index (κ2) is 8.28. The van der Waals surface area contributed by atoms with Crippen LogP contribution in [0, 0.1) is 15.3 Å². The van der Waals surface area contributed by atoms with Crippen LogP contribution < -0.4 is 9.47 Å². The van der Waals surface area contributed by atoms with Crippen LogP contribution in [-0.2, 0) is 22.4 Å². The molecule has 0 aliphatic rings. The molecule has 0 aliphatic heterocycles.